The van der Waals surface area contributed by atoms with Crippen LogP contribution in [-0.4, -0.2) is 62.3 Å². The van der Waals surface area contributed by atoms with Gasteiger partial charge in [0.25, 0.3) is 0 Å². The number of ether oxygens (including phenoxy) is 2. The van der Waals surface area contributed by atoms with E-state index >= 15 is 0 Å². The predicted molar refractivity (Wildman–Crippen MR) is 142 cm³/mol. The standard InChI is InChI=1S/C28H35ClF3N3O3/c1-5-13-35(26(36)33-19-7-8-22(29)21(16-19)28(30,31)32)20-10-11-27(12-14-34(2)25(27)17-20)18-6-9-23(37-3)24(15-18)38-4/h6-9,15-16,20,25H,5,10-14,17H2,1-4H3,(H,33,36)/t20-,25-,27-/m0/s1. The number of hydrogen-bond donors (Lipinski definition) is 1. The average Bonchev–Trinajstić information content (AvgIpc) is 3.23. The maximum atomic E-state index is 13.4. The average molecular weight is 554 g/mol. The molecule has 2 fully saturated rings. The van der Waals surface area contributed by atoms with Crippen LogP contribution in [0.4, 0.5) is 23.7 Å². The van der Waals surface area contributed by atoms with Crippen LogP contribution in [0.1, 0.15) is 50.2 Å². The van der Waals surface area contributed by atoms with E-state index < -0.39 is 22.8 Å². The van der Waals surface area contributed by atoms with E-state index in [4.69, 9.17) is 21.1 Å². The summed E-state index contributed by atoms with van der Waals surface area (Å²) in [5.41, 5.74) is 0.234. The number of halogens is 4. The van der Waals surface area contributed by atoms with Crippen molar-refractivity contribution in [3.05, 3.63) is 52.5 Å². The molecule has 0 aromatic heterocycles. The Morgan fingerprint density at radius 3 is 2.55 bits per heavy atom. The molecule has 1 aliphatic heterocycles. The zero-order valence-corrected chi connectivity index (χ0v) is 23.0. The van der Waals surface area contributed by atoms with Crippen molar-refractivity contribution in [1.82, 2.24) is 9.80 Å². The zero-order valence-electron chi connectivity index (χ0n) is 22.2. The lowest BCUT2D eigenvalue weighted by Gasteiger charge is -2.47. The third-order valence-corrected chi connectivity index (χ3v) is 8.48. The van der Waals surface area contributed by atoms with Gasteiger partial charge < -0.3 is 24.6 Å². The van der Waals surface area contributed by atoms with E-state index in [2.05, 4.69) is 29.4 Å². The van der Waals surface area contributed by atoms with Gasteiger partial charge in [-0.25, -0.2) is 4.79 Å². The minimum Gasteiger partial charge on any atom is -0.493 e. The minimum absolute atomic E-state index is 0.0387. The predicted octanol–water partition coefficient (Wildman–Crippen LogP) is 6.81. The second-order valence-electron chi connectivity index (χ2n) is 10.2. The van der Waals surface area contributed by atoms with Crippen LogP contribution in [0.5, 0.6) is 11.5 Å². The van der Waals surface area contributed by atoms with E-state index in [-0.39, 0.29) is 23.2 Å². The molecule has 0 spiro atoms. The first-order valence-corrected chi connectivity index (χ1v) is 13.3. The van der Waals surface area contributed by atoms with Crippen molar-refractivity contribution in [3.63, 3.8) is 0 Å². The highest BCUT2D eigenvalue weighted by molar-refractivity contribution is 6.31. The van der Waals surface area contributed by atoms with Crippen molar-refractivity contribution >= 4 is 23.3 Å². The van der Waals surface area contributed by atoms with Crippen molar-refractivity contribution < 1.29 is 27.4 Å². The van der Waals surface area contributed by atoms with E-state index in [9.17, 15) is 18.0 Å². The summed E-state index contributed by atoms with van der Waals surface area (Å²) in [7, 11) is 5.37. The summed E-state index contributed by atoms with van der Waals surface area (Å²) in [5, 5.41) is 2.29. The first-order chi connectivity index (χ1) is 18.0. The smallest absolute Gasteiger partial charge is 0.417 e. The van der Waals surface area contributed by atoms with Gasteiger partial charge in [-0.1, -0.05) is 24.6 Å². The number of anilines is 1. The molecule has 2 aliphatic rings. The number of methoxy groups -OCH3 is 2. The molecule has 3 atom stereocenters. The molecular weight excluding hydrogens is 519 g/mol. The fourth-order valence-corrected chi connectivity index (χ4v) is 6.46. The van der Waals surface area contributed by atoms with Gasteiger partial charge in [-0.15, -0.1) is 0 Å². The fraction of sp³-hybridized carbons (Fsp3) is 0.536. The molecular formula is C28H35ClF3N3O3. The number of nitrogens with zero attached hydrogens (tertiary/aromatic N) is 2. The molecule has 2 aromatic rings. The fourth-order valence-electron chi connectivity index (χ4n) is 6.23. The molecule has 1 heterocycles. The molecule has 0 bridgehead atoms. The second kappa shape index (κ2) is 11.2. The van der Waals surface area contributed by atoms with Gasteiger partial charge in [0.2, 0.25) is 0 Å². The van der Waals surface area contributed by atoms with Crippen molar-refractivity contribution in [3.8, 4) is 11.5 Å². The molecule has 1 aliphatic carbocycles. The third kappa shape index (κ3) is 5.41. The lowest BCUT2D eigenvalue weighted by molar-refractivity contribution is -0.137. The number of carbonyl (C=O) groups is 1. The molecule has 6 nitrogen and oxygen atoms in total. The van der Waals surface area contributed by atoms with Crippen LogP contribution in [0.15, 0.2) is 36.4 Å². The number of hydrogen-bond acceptors (Lipinski definition) is 4. The van der Waals surface area contributed by atoms with E-state index in [1.54, 1.807) is 19.1 Å². The molecule has 1 N–H and O–H groups in total. The molecule has 4 rings (SSSR count). The number of alkyl halides is 3. The summed E-state index contributed by atoms with van der Waals surface area (Å²) in [4.78, 5) is 17.5. The number of likely N-dealkylation sites (tertiary alicyclic amines) is 1. The maximum Gasteiger partial charge on any atom is 0.417 e. The van der Waals surface area contributed by atoms with E-state index in [1.165, 1.54) is 11.6 Å². The van der Waals surface area contributed by atoms with Crippen molar-refractivity contribution in [2.75, 3.05) is 39.7 Å². The zero-order chi connectivity index (χ0) is 27.7. The van der Waals surface area contributed by atoms with Gasteiger partial charge in [0.05, 0.1) is 24.8 Å². The molecule has 0 radical (unpaired) electrons. The maximum absolute atomic E-state index is 13.4. The lowest BCUT2D eigenvalue weighted by Crippen LogP contribution is -2.54. The summed E-state index contributed by atoms with van der Waals surface area (Å²) in [6, 6.07) is 9.35. The Morgan fingerprint density at radius 2 is 1.89 bits per heavy atom. The molecule has 1 saturated heterocycles. The Bertz CT molecular complexity index is 1160. The summed E-state index contributed by atoms with van der Waals surface area (Å²) < 4.78 is 51.0. The van der Waals surface area contributed by atoms with E-state index in [0.717, 1.165) is 50.8 Å². The van der Waals surface area contributed by atoms with E-state index in [0.29, 0.717) is 18.0 Å². The number of carbonyl (C=O) groups excluding carboxylic acids is 1. The lowest BCUT2D eigenvalue weighted by atomic mass is 9.64. The van der Waals surface area contributed by atoms with Gasteiger partial charge in [0.1, 0.15) is 0 Å². The molecule has 0 unspecified atom stereocenters. The Morgan fingerprint density at radius 1 is 1.16 bits per heavy atom. The SMILES string of the molecule is CCCN(C(=O)Nc1ccc(Cl)c(C(F)(F)F)c1)[C@H]1CC[C@@]2(c3ccc(OC)c(OC)c3)CCN(C)[C@H]2C1. The summed E-state index contributed by atoms with van der Waals surface area (Å²) >= 11 is 5.75. The Balaban J connectivity index is 1.57. The Kier molecular flexibility index (Phi) is 8.37. The van der Waals surface area contributed by atoms with Crippen LogP contribution in [0.25, 0.3) is 0 Å². The van der Waals surface area contributed by atoms with E-state index in [1.807, 2.05) is 13.0 Å². The summed E-state index contributed by atoms with van der Waals surface area (Å²) in [5.74, 6) is 1.38. The molecule has 2 amide bonds. The monoisotopic (exact) mass is 553 g/mol. The molecule has 38 heavy (non-hydrogen) atoms. The van der Waals surface area contributed by atoms with Crippen LogP contribution < -0.4 is 14.8 Å². The highest BCUT2D eigenvalue weighted by Gasteiger charge is 2.51. The van der Waals surface area contributed by atoms with Gasteiger partial charge in [0, 0.05) is 29.7 Å². The van der Waals surface area contributed by atoms with Crippen LogP contribution in [-0.2, 0) is 11.6 Å². The van der Waals surface area contributed by atoms with Gasteiger partial charge >= 0.3 is 12.2 Å². The first kappa shape index (κ1) is 28.4. The van der Waals surface area contributed by atoms with Crippen LogP contribution >= 0.6 is 11.6 Å². The van der Waals surface area contributed by atoms with Crippen molar-refractivity contribution in [2.45, 2.75) is 62.7 Å². The van der Waals surface area contributed by atoms with Crippen molar-refractivity contribution in [1.29, 1.82) is 0 Å². The van der Waals surface area contributed by atoms with Crippen LogP contribution in [0.3, 0.4) is 0 Å². The van der Waals surface area contributed by atoms with Gasteiger partial charge in [0.15, 0.2) is 11.5 Å². The number of amides is 2. The first-order valence-electron chi connectivity index (χ1n) is 12.9. The minimum atomic E-state index is -4.61. The third-order valence-electron chi connectivity index (χ3n) is 8.15. The number of likely N-dealkylation sites (N-methyl/N-ethyl adjacent to an activating group) is 1. The summed E-state index contributed by atoms with van der Waals surface area (Å²) in [6.07, 6.45) is -0.423. The number of nitrogens with one attached hydrogen (secondary N) is 1. The number of benzene rings is 2. The van der Waals surface area contributed by atoms with Gasteiger partial charge in [-0.3, -0.25) is 0 Å². The van der Waals surface area contributed by atoms with Gasteiger partial charge in [-0.05, 0) is 81.6 Å². The Labute approximate surface area is 227 Å². The van der Waals surface area contributed by atoms with Crippen molar-refractivity contribution in [2.24, 2.45) is 0 Å². The van der Waals surface area contributed by atoms with Crippen LogP contribution in [0.2, 0.25) is 5.02 Å². The number of fused-ring (bicyclic) bond motifs is 1. The molecule has 208 valence electrons. The summed E-state index contributed by atoms with van der Waals surface area (Å²) in [6.45, 7) is 3.44. The Hall–Kier alpha value is -2.65. The number of rotatable bonds is 7. The van der Waals surface area contributed by atoms with Crippen LogP contribution in [0, 0.1) is 0 Å². The normalized spacial score (nSPS) is 23.6. The highest BCUT2D eigenvalue weighted by atomic mass is 35.5. The number of urea groups is 1. The quantitative estimate of drug-likeness (QED) is 0.409. The van der Waals surface area contributed by atoms with Gasteiger partial charge in [-0.2, -0.15) is 13.2 Å². The molecule has 2 aromatic carbocycles. The molecule has 1 saturated carbocycles. The molecule has 10 heteroatoms. The largest absolute Gasteiger partial charge is 0.493 e. The highest BCUT2D eigenvalue weighted by Crippen LogP contribution is 2.50. The topological polar surface area (TPSA) is 54.0 Å². The second-order valence-corrected chi connectivity index (χ2v) is 10.6.